The minimum atomic E-state index is 0.301. The third-order valence-corrected chi connectivity index (χ3v) is 6.43. The molecular formula is C27H28ClN3. The standard InChI is InChI=1S/C27H28ClN3/c1-20-3-9-24(10-4-20)27-19-30(14-13-22-5-7-23(18-29)8-6-22)15-16-31(27)26-12-11-25(28)17-21(26)2/h3-12,17,27H,13-16,19H2,1-2H3. The van der Waals surface area contributed by atoms with Crippen LogP contribution in [0.4, 0.5) is 5.69 Å². The molecule has 1 aliphatic rings. The van der Waals surface area contributed by atoms with Gasteiger partial charge in [0.15, 0.2) is 0 Å². The highest BCUT2D eigenvalue weighted by Crippen LogP contribution is 2.34. The van der Waals surface area contributed by atoms with E-state index in [-0.39, 0.29) is 0 Å². The molecule has 0 radical (unpaired) electrons. The third kappa shape index (κ3) is 5.10. The quantitative estimate of drug-likeness (QED) is 0.503. The lowest BCUT2D eigenvalue weighted by Gasteiger charge is -2.44. The van der Waals surface area contributed by atoms with Gasteiger partial charge in [0.05, 0.1) is 17.7 Å². The van der Waals surface area contributed by atoms with Gasteiger partial charge in [-0.25, -0.2) is 0 Å². The van der Waals surface area contributed by atoms with Crippen LogP contribution in [0.15, 0.2) is 66.7 Å². The maximum absolute atomic E-state index is 9.00. The van der Waals surface area contributed by atoms with E-state index in [9.17, 15) is 0 Å². The van der Waals surface area contributed by atoms with Crippen molar-refractivity contribution < 1.29 is 0 Å². The van der Waals surface area contributed by atoms with Crippen LogP contribution in [0, 0.1) is 25.2 Å². The lowest BCUT2D eigenvalue weighted by Crippen LogP contribution is -2.49. The van der Waals surface area contributed by atoms with Crippen LogP contribution in [0.1, 0.15) is 33.9 Å². The van der Waals surface area contributed by atoms with Gasteiger partial charge in [-0.15, -0.1) is 0 Å². The van der Waals surface area contributed by atoms with E-state index in [1.165, 1.54) is 27.9 Å². The Labute approximate surface area is 190 Å². The Morgan fingerprint density at radius 1 is 0.968 bits per heavy atom. The Morgan fingerprint density at radius 2 is 1.71 bits per heavy atom. The number of nitriles is 1. The van der Waals surface area contributed by atoms with Gasteiger partial charge in [0.25, 0.3) is 0 Å². The fourth-order valence-corrected chi connectivity index (χ4v) is 4.61. The molecule has 0 bridgehead atoms. The number of aryl methyl sites for hydroxylation is 2. The molecule has 4 rings (SSSR count). The lowest BCUT2D eigenvalue weighted by molar-refractivity contribution is 0.226. The smallest absolute Gasteiger partial charge is 0.0991 e. The molecule has 0 spiro atoms. The molecular weight excluding hydrogens is 402 g/mol. The van der Waals surface area contributed by atoms with Crippen LogP contribution in [0.25, 0.3) is 0 Å². The fourth-order valence-electron chi connectivity index (χ4n) is 4.38. The summed E-state index contributed by atoms with van der Waals surface area (Å²) in [5, 5.41) is 9.79. The van der Waals surface area contributed by atoms with E-state index in [1.807, 2.05) is 18.2 Å². The van der Waals surface area contributed by atoms with Gasteiger partial charge >= 0.3 is 0 Å². The van der Waals surface area contributed by atoms with E-state index in [0.29, 0.717) is 6.04 Å². The topological polar surface area (TPSA) is 30.3 Å². The first-order chi connectivity index (χ1) is 15.0. The van der Waals surface area contributed by atoms with Crippen LogP contribution >= 0.6 is 11.6 Å². The Balaban J connectivity index is 1.53. The van der Waals surface area contributed by atoms with Crippen LogP contribution in [0.2, 0.25) is 5.02 Å². The zero-order valence-electron chi connectivity index (χ0n) is 18.2. The fraction of sp³-hybridized carbons (Fsp3) is 0.296. The summed E-state index contributed by atoms with van der Waals surface area (Å²) in [5.41, 5.74) is 7.11. The van der Waals surface area contributed by atoms with Gasteiger partial charge in [-0.2, -0.15) is 5.26 Å². The van der Waals surface area contributed by atoms with Crippen molar-refractivity contribution in [2.75, 3.05) is 31.1 Å². The first-order valence-electron chi connectivity index (χ1n) is 10.8. The molecule has 3 aromatic carbocycles. The molecule has 4 heteroatoms. The predicted octanol–water partition coefficient (Wildman–Crippen LogP) is 5.93. The minimum Gasteiger partial charge on any atom is -0.362 e. The average molecular weight is 430 g/mol. The van der Waals surface area contributed by atoms with Gasteiger partial charge in [0, 0.05) is 36.9 Å². The Kier molecular flexibility index (Phi) is 6.61. The van der Waals surface area contributed by atoms with Crippen LogP contribution in [0.5, 0.6) is 0 Å². The van der Waals surface area contributed by atoms with E-state index in [1.54, 1.807) is 0 Å². The molecule has 1 fully saturated rings. The van der Waals surface area contributed by atoms with E-state index in [0.717, 1.165) is 43.2 Å². The van der Waals surface area contributed by atoms with Crippen molar-refractivity contribution in [2.45, 2.75) is 26.3 Å². The molecule has 1 heterocycles. The number of hydrogen-bond acceptors (Lipinski definition) is 3. The second kappa shape index (κ2) is 9.56. The first-order valence-corrected chi connectivity index (χ1v) is 11.2. The number of piperazine rings is 1. The minimum absolute atomic E-state index is 0.301. The van der Waals surface area contributed by atoms with Crippen molar-refractivity contribution in [2.24, 2.45) is 0 Å². The zero-order chi connectivity index (χ0) is 21.8. The van der Waals surface area contributed by atoms with Crippen molar-refractivity contribution in [1.29, 1.82) is 5.26 Å². The third-order valence-electron chi connectivity index (χ3n) is 6.19. The summed E-state index contributed by atoms with van der Waals surface area (Å²) in [6, 6.07) is 25.6. The summed E-state index contributed by atoms with van der Waals surface area (Å²) in [6.45, 7) is 8.29. The summed E-state index contributed by atoms with van der Waals surface area (Å²) >= 11 is 6.22. The van der Waals surface area contributed by atoms with Crippen molar-refractivity contribution in [3.63, 3.8) is 0 Å². The number of rotatable bonds is 5. The van der Waals surface area contributed by atoms with Gasteiger partial charge in [-0.1, -0.05) is 53.6 Å². The summed E-state index contributed by atoms with van der Waals surface area (Å²) in [7, 11) is 0. The Hall–Kier alpha value is -2.80. The summed E-state index contributed by atoms with van der Waals surface area (Å²) in [5.74, 6) is 0. The molecule has 0 amide bonds. The van der Waals surface area contributed by atoms with Crippen LogP contribution in [-0.4, -0.2) is 31.1 Å². The summed E-state index contributed by atoms with van der Waals surface area (Å²) < 4.78 is 0. The molecule has 0 aromatic heterocycles. The molecule has 0 N–H and O–H groups in total. The van der Waals surface area contributed by atoms with Gasteiger partial charge in [0.1, 0.15) is 0 Å². The lowest BCUT2D eigenvalue weighted by atomic mass is 9.98. The Morgan fingerprint density at radius 3 is 2.39 bits per heavy atom. The summed E-state index contributed by atoms with van der Waals surface area (Å²) in [4.78, 5) is 5.10. The number of hydrogen-bond donors (Lipinski definition) is 0. The van der Waals surface area contributed by atoms with Crippen molar-refractivity contribution in [3.05, 3.63) is 99.6 Å². The molecule has 31 heavy (non-hydrogen) atoms. The number of nitrogens with zero attached hydrogens (tertiary/aromatic N) is 3. The maximum atomic E-state index is 9.00. The zero-order valence-corrected chi connectivity index (χ0v) is 18.9. The molecule has 3 aromatic rings. The van der Waals surface area contributed by atoms with Crippen LogP contribution in [-0.2, 0) is 6.42 Å². The van der Waals surface area contributed by atoms with Crippen LogP contribution in [0.3, 0.4) is 0 Å². The average Bonchev–Trinajstić information content (AvgIpc) is 2.79. The predicted molar refractivity (Wildman–Crippen MR) is 129 cm³/mol. The second-order valence-corrected chi connectivity index (χ2v) is 8.85. The highest BCUT2D eigenvalue weighted by atomic mass is 35.5. The molecule has 1 saturated heterocycles. The summed E-state index contributed by atoms with van der Waals surface area (Å²) in [6.07, 6.45) is 0.992. The molecule has 0 saturated carbocycles. The highest BCUT2D eigenvalue weighted by Gasteiger charge is 2.29. The van der Waals surface area contributed by atoms with E-state index < -0.39 is 0 Å². The molecule has 1 atom stereocenters. The normalized spacial score (nSPS) is 16.8. The highest BCUT2D eigenvalue weighted by molar-refractivity contribution is 6.30. The van der Waals surface area contributed by atoms with E-state index in [2.05, 4.69) is 78.2 Å². The van der Waals surface area contributed by atoms with Gasteiger partial charge < -0.3 is 4.90 Å². The van der Waals surface area contributed by atoms with Crippen molar-refractivity contribution in [1.82, 2.24) is 4.90 Å². The molecule has 1 aliphatic heterocycles. The van der Waals surface area contributed by atoms with Crippen molar-refractivity contribution in [3.8, 4) is 6.07 Å². The first kappa shape index (κ1) is 21.4. The molecule has 158 valence electrons. The van der Waals surface area contributed by atoms with Gasteiger partial charge in [-0.3, -0.25) is 4.90 Å². The van der Waals surface area contributed by atoms with Crippen LogP contribution < -0.4 is 4.90 Å². The van der Waals surface area contributed by atoms with Gasteiger partial charge in [-0.05, 0) is 67.3 Å². The van der Waals surface area contributed by atoms with E-state index in [4.69, 9.17) is 16.9 Å². The molecule has 1 unspecified atom stereocenters. The maximum Gasteiger partial charge on any atom is 0.0991 e. The molecule has 3 nitrogen and oxygen atoms in total. The van der Waals surface area contributed by atoms with E-state index >= 15 is 0 Å². The second-order valence-electron chi connectivity index (χ2n) is 8.41. The Bertz CT molecular complexity index is 1070. The number of anilines is 1. The largest absolute Gasteiger partial charge is 0.362 e. The molecule has 0 aliphatic carbocycles. The number of halogens is 1. The SMILES string of the molecule is Cc1ccc(C2CN(CCc3ccc(C#N)cc3)CCN2c2ccc(Cl)cc2C)cc1. The number of benzene rings is 3. The monoisotopic (exact) mass is 429 g/mol. The van der Waals surface area contributed by atoms with Gasteiger partial charge in [0.2, 0.25) is 0 Å². The van der Waals surface area contributed by atoms with Crippen molar-refractivity contribution >= 4 is 17.3 Å².